The summed E-state index contributed by atoms with van der Waals surface area (Å²) in [5.41, 5.74) is 3.00. The summed E-state index contributed by atoms with van der Waals surface area (Å²) in [5.74, 6) is 0.842. The summed E-state index contributed by atoms with van der Waals surface area (Å²) < 4.78 is 5.25. The topological polar surface area (TPSA) is 37.2 Å². The zero-order chi connectivity index (χ0) is 17.1. The third kappa shape index (κ3) is 3.44. The molecule has 1 heterocycles. The molecule has 24 heavy (non-hydrogen) atoms. The largest absolute Gasteiger partial charge is 0.497 e. The second-order valence-electron chi connectivity index (χ2n) is 5.94. The number of rotatable bonds is 4. The summed E-state index contributed by atoms with van der Waals surface area (Å²) >= 11 is 5.97. The van der Waals surface area contributed by atoms with Crippen molar-refractivity contribution in [3.8, 4) is 5.75 Å². The monoisotopic (exact) mass is 341 g/mol. The standard InChI is InChI=1S/C19H20ClN3O/c1-13(2)23-19(15-6-10-17(24-3)11-7-15)12-18(21-22-23)14-4-8-16(20)9-5-14/h4-13,19H,1-3H3. The Balaban J connectivity index is 1.97. The van der Waals surface area contributed by atoms with Crippen molar-refractivity contribution in [3.63, 3.8) is 0 Å². The van der Waals surface area contributed by atoms with Crippen LogP contribution in [0.1, 0.15) is 31.0 Å². The number of benzene rings is 2. The van der Waals surface area contributed by atoms with Crippen molar-refractivity contribution < 1.29 is 4.74 Å². The van der Waals surface area contributed by atoms with E-state index in [-0.39, 0.29) is 12.1 Å². The first-order valence-corrected chi connectivity index (χ1v) is 8.28. The number of hydrogen-bond acceptors (Lipinski definition) is 4. The maximum absolute atomic E-state index is 5.97. The number of nitrogens with zero attached hydrogens (tertiary/aromatic N) is 3. The zero-order valence-electron chi connectivity index (χ0n) is 14.0. The van der Waals surface area contributed by atoms with Crippen molar-refractivity contribution in [2.75, 3.05) is 7.11 Å². The van der Waals surface area contributed by atoms with Crippen LogP contribution in [-0.2, 0) is 0 Å². The molecule has 0 spiro atoms. The minimum absolute atomic E-state index is 0.0269. The molecule has 0 amide bonds. The Hall–Kier alpha value is -2.33. The molecule has 1 aliphatic heterocycles. The average Bonchev–Trinajstić information content (AvgIpc) is 2.62. The first kappa shape index (κ1) is 16.5. The molecule has 0 bridgehead atoms. The van der Waals surface area contributed by atoms with Crippen LogP contribution in [0.2, 0.25) is 5.02 Å². The molecule has 0 saturated carbocycles. The molecule has 124 valence electrons. The third-order valence-electron chi connectivity index (χ3n) is 3.98. The minimum atomic E-state index is 0.0269. The molecular weight excluding hydrogens is 322 g/mol. The van der Waals surface area contributed by atoms with Crippen LogP contribution in [0.25, 0.3) is 5.70 Å². The predicted molar refractivity (Wildman–Crippen MR) is 97.0 cm³/mol. The van der Waals surface area contributed by atoms with Gasteiger partial charge in [-0.15, -0.1) is 5.11 Å². The van der Waals surface area contributed by atoms with E-state index in [1.165, 1.54) is 0 Å². The molecule has 2 aromatic carbocycles. The van der Waals surface area contributed by atoms with E-state index in [1.807, 2.05) is 41.4 Å². The van der Waals surface area contributed by atoms with Gasteiger partial charge in [-0.3, -0.25) is 5.01 Å². The summed E-state index contributed by atoms with van der Waals surface area (Å²) in [4.78, 5) is 0. The molecule has 4 nitrogen and oxygen atoms in total. The van der Waals surface area contributed by atoms with Gasteiger partial charge < -0.3 is 4.74 Å². The van der Waals surface area contributed by atoms with Gasteiger partial charge in [-0.05, 0) is 49.8 Å². The first-order chi connectivity index (χ1) is 11.6. The Bertz CT molecular complexity index is 751. The fraction of sp³-hybridized carbons (Fsp3) is 0.263. The Morgan fingerprint density at radius 2 is 1.71 bits per heavy atom. The lowest BCUT2D eigenvalue weighted by molar-refractivity contribution is 0.172. The van der Waals surface area contributed by atoms with Crippen molar-refractivity contribution >= 4 is 17.3 Å². The maximum atomic E-state index is 5.97. The van der Waals surface area contributed by atoms with E-state index in [9.17, 15) is 0 Å². The molecule has 0 saturated heterocycles. The van der Waals surface area contributed by atoms with Crippen LogP contribution in [0.3, 0.4) is 0 Å². The van der Waals surface area contributed by atoms with E-state index in [4.69, 9.17) is 16.3 Å². The molecule has 1 atom stereocenters. The van der Waals surface area contributed by atoms with Gasteiger partial charge in [0.15, 0.2) is 0 Å². The Morgan fingerprint density at radius 1 is 1.04 bits per heavy atom. The summed E-state index contributed by atoms with van der Waals surface area (Å²) in [7, 11) is 1.67. The van der Waals surface area contributed by atoms with E-state index < -0.39 is 0 Å². The molecule has 1 aliphatic rings. The highest BCUT2D eigenvalue weighted by Gasteiger charge is 2.24. The van der Waals surface area contributed by atoms with Crippen LogP contribution in [0, 0.1) is 0 Å². The zero-order valence-corrected chi connectivity index (χ0v) is 14.7. The maximum Gasteiger partial charge on any atom is 0.118 e. The normalized spacial score (nSPS) is 17.1. The quantitative estimate of drug-likeness (QED) is 0.734. The van der Waals surface area contributed by atoms with Gasteiger partial charge in [-0.2, -0.15) is 0 Å². The van der Waals surface area contributed by atoms with Gasteiger partial charge in [0.05, 0.1) is 18.8 Å². The number of hydrogen-bond donors (Lipinski definition) is 0. The lowest BCUT2D eigenvalue weighted by Gasteiger charge is -2.32. The van der Waals surface area contributed by atoms with Crippen molar-refractivity contribution in [2.45, 2.75) is 25.9 Å². The van der Waals surface area contributed by atoms with E-state index in [2.05, 4.69) is 42.4 Å². The van der Waals surface area contributed by atoms with Crippen LogP contribution in [-0.4, -0.2) is 18.2 Å². The fourth-order valence-electron chi connectivity index (χ4n) is 2.66. The second-order valence-corrected chi connectivity index (χ2v) is 6.38. The van der Waals surface area contributed by atoms with Gasteiger partial charge in [0, 0.05) is 16.6 Å². The minimum Gasteiger partial charge on any atom is -0.497 e. The fourth-order valence-corrected chi connectivity index (χ4v) is 2.79. The van der Waals surface area contributed by atoms with Gasteiger partial charge in [0.2, 0.25) is 0 Å². The van der Waals surface area contributed by atoms with E-state index >= 15 is 0 Å². The Morgan fingerprint density at radius 3 is 2.29 bits per heavy atom. The average molecular weight is 342 g/mol. The summed E-state index contributed by atoms with van der Waals surface area (Å²) in [6, 6.07) is 16.0. The second kappa shape index (κ2) is 7.05. The molecule has 3 rings (SSSR count). The summed E-state index contributed by atoms with van der Waals surface area (Å²) in [6.07, 6.45) is 2.14. The number of methoxy groups -OCH3 is 1. The Labute approximate surface area is 147 Å². The summed E-state index contributed by atoms with van der Waals surface area (Å²) in [6.45, 7) is 4.22. The molecule has 0 radical (unpaired) electrons. The highest BCUT2D eigenvalue weighted by molar-refractivity contribution is 6.30. The SMILES string of the molecule is COc1ccc(C2C=C(c3ccc(Cl)cc3)N=NN2C(C)C)cc1. The molecule has 0 aliphatic carbocycles. The van der Waals surface area contributed by atoms with Gasteiger partial charge in [-0.1, -0.05) is 41.1 Å². The first-order valence-electron chi connectivity index (χ1n) is 7.90. The van der Waals surface area contributed by atoms with E-state index in [1.54, 1.807) is 7.11 Å². The van der Waals surface area contributed by atoms with Crippen LogP contribution in [0.4, 0.5) is 0 Å². The summed E-state index contributed by atoms with van der Waals surface area (Å²) in [5, 5.41) is 11.5. The molecular formula is C19H20ClN3O. The van der Waals surface area contributed by atoms with Gasteiger partial charge >= 0.3 is 0 Å². The van der Waals surface area contributed by atoms with Crippen molar-refractivity contribution in [1.82, 2.24) is 5.01 Å². The lowest BCUT2D eigenvalue weighted by Crippen LogP contribution is -2.30. The van der Waals surface area contributed by atoms with Gasteiger partial charge in [-0.25, -0.2) is 0 Å². The van der Waals surface area contributed by atoms with Crippen molar-refractivity contribution in [1.29, 1.82) is 0 Å². The lowest BCUT2D eigenvalue weighted by atomic mass is 10.0. The van der Waals surface area contributed by atoms with Crippen LogP contribution in [0.15, 0.2) is 64.9 Å². The molecule has 1 unspecified atom stereocenters. The highest BCUT2D eigenvalue weighted by atomic mass is 35.5. The third-order valence-corrected chi connectivity index (χ3v) is 4.23. The van der Waals surface area contributed by atoms with Crippen molar-refractivity contribution in [2.24, 2.45) is 10.3 Å². The Kier molecular flexibility index (Phi) is 4.86. The molecule has 5 heteroatoms. The van der Waals surface area contributed by atoms with E-state index in [0.29, 0.717) is 5.02 Å². The van der Waals surface area contributed by atoms with Crippen LogP contribution >= 0.6 is 11.6 Å². The number of ether oxygens (including phenoxy) is 1. The van der Waals surface area contributed by atoms with Gasteiger partial charge in [0.1, 0.15) is 5.75 Å². The van der Waals surface area contributed by atoms with Gasteiger partial charge in [0.25, 0.3) is 0 Å². The van der Waals surface area contributed by atoms with Crippen molar-refractivity contribution in [3.05, 3.63) is 70.8 Å². The smallest absolute Gasteiger partial charge is 0.118 e. The molecule has 0 N–H and O–H groups in total. The highest BCUT2D eigenvalue weighted by Crippen LogP contribution is 2.34. The predicted octanol–water partition coefficient (Wildman–Crippen LogP) is 5.52. The number of halogens is 1. The molecule has 0 fully saturated rings. The molecule has 2 aromatic rings. The van der Waals surface area contributed by atoms with Crippen LogP contribution in [0.5, 0.6) is 5.75 Å². The molecule has 0 aromatic heterocycles. The van der Waals surface area contributed by atoms with E-state index in [0.717, 1.165) is 22.6 Å². The van der Waals surface area contributed by atoms with Crippen LogP contribution < -0.4 is 4.74 Å².